The van der Waals surface area contributed by atoms with E-state index in [9.17, 15) is 9.59 Å². The first-order valence-electron chi connectivity index (χ1n) is 4.67. The van der Waals surface area contributed by atoms with Gasteiger partial charge in [0.1, 0.15) is 0 Å². The number of carbonyl (C=O) groups is 2. The zero-order valence-corrected chi connectivity index (χ0v) is 9.93. The Hall–Kier alpha value is -1.49. The molecule has 0 radical (unpaired) electrons. The quantitative estimate of drug-likeness (QED) is 0.843. The second-order valence-corrected chi connectivity index (χ2v) is 4.20. The van der Waals surface area contributed by atoms with Crippen molar-refractivity contribution in [1.29, 1.82) is 0 Å². The van der Waals surface area contributed by atoms with Crippen molar-refractivity contribution in [3.63, 3.8) is 0 Å². The van der Waals surface area contributed by atoms with Crippen LogP contribution >= 0.6 is 11.8 Å². The maximum atomic E-state index is 11.4. The summed E-state index contributed by atoms with van der Waals surface area (Å²) in [6.45, 7) is 1.84. The Labute approximate surface area is 98.0 Å². The van der Waals surface area contributed by atoms with Gasteiger partial charge in [0.2, 0.25) is 5.91 Å². The van der Waals surface area contributed by atoms with Gasteiger partial charge in [0.25, 0.3) is 0 Å². The summed E-state index contributed by atoms with van der Waals surface area (Å²) in [7, 11) is 0. The molecule has 0 aromatic heterocycles. The largest absolute Gasteiger partial charge is 0.478 e. The molecule has 1 aromatic rings. The van der Waals surface area contributed by atoms with Crippen LogP contribution in [0.1, 0.15) is 15.9 Å². The lowest BCUT2D eigenvalue weighted by Gasteiger charge is -2.08. The third-order valence-electron chi connectivity index (χ3n) is 1.95. The lowest BCUT2D eigenvalue weighted by atomic mass is 10.1. The molecular formula is C11H13NO3S. The Kier molecular flexibility index (Phi) is 4.37. The third-order valence-corrected chi connectivity index (χ3v) is 2.51. The maximum absolute atomic E-state index is 11.4. The van der Waals surface area contributed by atoms with Gasteiger partial charge in [-0.15, -0.1) is 0 Å². The average Bonchev–Trinajstić information content (AvgIpc) is 2.17. The van der Waals surface area contributed by atoms with Gasteiger partial charge in [-0.1, -0.05) is 6.07 Å². The number of carbonyl (C=O) groups excluding carboxylic acids is 1. The monoisotopic (exact) mass is 239 g/mol. The molecule has 0 atom stereocenters. The minimum atomic E-state index is -1.04. The highest BCUT2D eigenvalue weighted by Gasteiger charge is 2.11. The molecule has 1 amide bonds. The number of hydrogen-bond acceptors (Lipinski definition) is 3. The van der Waals surface area contributed by atoms with E-state index in [0.717, 1.165) is 5.56 Å². The molecule has 0 aliphatic heterocycles. The van der Waals surface area contributed by atoms with Crippen molar-refractivity contribution in [1.82, 2.24) is 0 Å². The van der Waals surface area contributed by atoms with E-state index < -0.39 is 5.97 Å². The summed E-state index contributed by atoms with van der Waals surface area (Å²) < 4.78 is 0. The third kappa shape index (κ3) is 3.27. The van der Waals surface area contributed by atoms with Crippen molar-refractivity contribution in [3.05, 3.63) is 29.3 Å². The standard InChI is InChI=1S/C11H13NO3S/c1-7-3-4-8(11(14)15)9(5-7)12-10(13)6-16-2/h3-5H,6H2,1-2H3,(H,12,13)(H,14,15). The second-order valence-electron chi connectivity index (χ2n) is 3.34. The summed E-state index contributed by atoms with van der Waals surface area (Å²) in [6, 6.07) is 4.85. The Morgan fingerprint density at radius 3 is 2.69 bits per heavy atom. The van der Waals surface area contributed by atoms with Crippen molar-refractivity contribution in [3.8, 4) is 0 Å². The fourth-order valence-corrected chi connectivity index (χ4v) is 1.60. The fourth-order valence-electron chi connectivity index (χ4n) is 1.27. The lowest BCUT2D eigenvalue weighted by molar-refractivity contribution is -0.113. The van der Waals surface area contributed by atoms with Gasteiger partial charge in [-0.2, -0.15) is 11.8 Å². The van der Waals surface area contributed by atoms with Gasteiger partial charge in [-0.25, -0.2) is 4.79 Å². The Morgan fingerprint density at radius 1 is 1.44 bits per heavy atom. The Morgan fingerprint density at radius 2 is 2.12 bits per heavy atom. The first-order valence-corrected chi connectivity index (χ1v) is 6.06. The highest BCUT2D eigenvalue weighted by Crippen LogP contribution is 2.17. The number of benzene rings is 1. The van der Waals surface area contributed by atoms with E-state index in [0.29, 0.717) is 11.4 Å². The van der Waals surface area contributed by atoms with Crippen molar-refractivity contribution < 1.29 is 14.7 Å². The van der Waals surface area contributed by atoms with E-state index >= 15 is 0 Å². The van der Waals surface area contributed by atoms with Crippen LogP contribution in [-0.4, -0.2) is 29.0 Å². The number of rotatable bonds is 4. The van der Waals surface area contributed by atoms with Gasteiger partial charge in [-0.05, 0) is 30.9 Å². The molecule has 0 aliphatic rings. The van der Waals surface area contributed by atoms with Crippen molar-refractivity contribution in [2.24, 2.45) is 0 Å². The first-order chi connectivity index (χ1) is 7.54. The molecule has 0 saturated heterocycles. The molecule has 4 nitrogen and oxygen atoms in total. The molecule has 5 heteroatoms. The summed E-state index contributed by atoms with van der Waals surface area (Å²) in [5.41, 5.74) is 1.37. The second kappa shape index (κ2) is 5.55. The van der Waals surface area contributed by atoms with Crippen LogP contribution < -0.4 is 5.32 Å². The van der Waals surface area contributed by atoms with Crippen molar-refractivity contribution in [2.75, 3.05) is 17.3 Å². The minimum absolute atomic E-state index is 0.111. The molecule has 0 aliphatic carbocycles. The van der Waals surface area contributed by atoms with Gasteiger partial charge in [0.15, 0.2) is 0 Å². The van der Waals surface area contributed by atoms with E-state index in [2.05, 4.69) is 5.32 Å². The van der Waals surface area contributed by atoms with E-state index in [-0.39, 0.29) is 11.5 Å². The summed E-state index contributed by atoms with van der Waals surface area (Å²) in [4.78, 5) is 22.3. The molecule has 0 fully saturated rings. The average molecular weight is 239 g/mol. The van der Waals surface area contributed by atoms with Crippen LogP contribution in [0, 0.1) is 6.92 Å². The van der Waals surface area contributed by atoms with Crippen molar-refractivity contribution >= 4 is 29.3 Å². The molecule has 1 aromatic carbocycles. The molecule has 0 heterocycles. The van der Waals surface area contributed by atoms with Crippen LogP contribution in [0.3, 0.4) is 0 Å². The summed E-state index contributed by atoms with van der Waals surface area (Å²) >= 11 is 1.39. The van der Waals surface area contributed by atoms with E-state index in [1.54, 1.807) is 12.1 Å². The minimum Gasteiger partial charge on any atom is -0.478 e. The van der Waals surface area contributed by atoms with Crippen molar-refractivity contribution in [2.45, 2.75) is 6.92 Å². The highest BCUT2D eigenvalue weighted by atomic mass is 32.2. The number of aromatic carboxylic acids is 1. The summed E-state index contributed by atoms with van der Waals surface area (Å²) in [6.07, 6.45) is 1.81. The number of carboxylic acid groups (broad SMARTS) is 1. The number of aryl methyl sites for hydroxylation is 1. The predicted octanol–water partition coefficient (Wildman–Crippen LogP) is 1.99. The molecule has 86 valence electrons. The van der Waals surface area contributed by atoms with Crippen LogP contribution in [0.5, 0.6) is 0 Å². The molecule has 0 unspecified atom stereocenters. The van der Waals surface area contributed by atoms with Crippen LogP contribution in [-0.2, 0) is 4.79 Å². The van der Waals surface area contributed by atoms with Crippen LogP contribution in [0.2, 0.25) is 0 Å². The maximum Gasteiger partial charge on any atom is 0.337 e. The fraction of sp³-hybridized carbons (Fsp3) is 0.273. The zero-order valence-electron chi connectivity index (χ0n) is 9.11. The molecular weight excluding hydrogens is 226 g/mol. The summed E-state index contributed by atoms with van der Waals surface area (Å²) in [5, 5.41) is 11.5. The van der Waals surface area contributed by atoms with E-state index in [1.807, 2.05) is 13.2 Å². The number of hydrogen-bond donors (Lipinski definition) is 2. The Balaban J connectivity index is 2.96. The number of thioether (sulfide) groups is 1. The normalized spacial score (nSPS) is 9.88. The van der Waals surface area contributed by atoms with Crippen LogP contribution in [0.25, 0.3) is 0 Å². The molecule has 16 heavy (non-hydrogen) atoms. The van der Waals surface area contributed by atoms with Crippen LogP contribution in [0.4, 0.5) is 5.69 Å². The molecule has 0 spiro atoms. The van der Waals surface area contributed by atoms with E-state index in [4.69, 9.17) is 5.11 Å². The van der Waals surface area contributed by atoms with Gasteiger partial charge in [-0.3, -0.25) is 4.79 Å². The van der Waals surface area contributed by atoms with E-state index in [1.165, 1.54) is 17.8 Å². The zero-order chi connectivity index (χ0) is 12.1. The van der Waals surface area contributed by atoms with Gasteiger partial charge in [0.05, 0.1) is 17.0 Å². The number of amides is 1. The van der Waals surface area contributed by atoms with Gasteiger partial charge in [0, 0.05) is 0 Å². The molecule has 0 bridgehead atoms. The number of anilines is 1. The summed E-state index contributed by atoms with van der Waals surface area (Å²) in [5.74, 6) is -0.924. The predicted molar refractivity (Wildman–Crippen MR) is 65.2 cm³/mol. The number of carboxylic acids is 1. The highest BCUT2D eigenvalue weighted by molar-refractivity contribution is 7.99. The molecule has 1 rings (SSSR count). The lowest BCUT2D eigenvalue weighted by Crippen LogP contribution is -2.16. The topological polar surface area (TPSA) is 66.4 Å². The van der Waals surface area contributed by atoms with Crippen LogP contribution in [0.15, 0.2) is 18.2 Å². The SMILES string of the molecule is CSCC(=O)Nc1cc(C)ccc1C(=O)O. The molecule has 0 saturated carbocycles. The van der Waals surface area contributed by atoms with Gasteiger partial charge < -0.3 is 10.4 Å². The molecule has 2 N–H and O–H groups in total. The van der Waals surface area contributed by atoms with Gasteiger partial charge >= 0.3 is 5.97 Å². The Bertz CT molecular complexity index is 418. The first kappa shape index (κ1) is 12.6. The smallest absolute Gasteiger partial charge is 0.337 e. The number of nitrogens with one attached hydrogen (secondary N) is 1.